The molecule has 1 heterocycles. The van der Waals surface area contributed by atoms with Crippen LogP contribution in [0, 0.1) is 11.8 Å². The number of aliphatic hydroxyl groups is 1. The molecule has 2 fully saturated rings. The minimum absolute atomic E-state index is 0.00949. The van der Waals surface area contributed by atoms with Gasteiger partial charge in [0, 0.05) is 6.54 Å². The molecule has 0 aromatic rings. The van der Waals surface area contributed by atoms with Crippen LogP contribution in [0.3, 0.4) is 0 Å². The highest BCUT2D eigenvalue weighted by atomic mass is 16.6. The molecule has 2 atom stereocenters. The number of esters is 1. The Labute approximate surface area is 145 Å². The molecular weight excluding hydrogens is 306 g/mol. The fraction of sp³-hybridized carbons (Fsp3) is 0.895. The lowest BCUT2D eigenvalue weighted by Crippen LogP contribution is -2.44. The predicted octanol–water partition coefficient (Wildman–Crippen LogP) is 2.90. The first-order chi connectivity index (χ1) is 11.3. The van der Waals surface area contributed by atoms with Crippen molar-refractivity contribution < 1.29 is 19.4 Å². The smallest absolute Gasteiger partial charge is 0.307 e. The molecule has 0 spiro atoms. The monoisotopic (exact) mass is 339 g/mol. The van der Waals surface area contributed by atoms with E-state index < -0.39 is 5.60 Å². The van der Waals surface area contributed by atoms with Crippen LogP contribution in [-0.4, -0.2) is 46.7 Å². The molecule has 1 amide bonds. The number of aliphatic hydroxyl groups excluding tert-OH is 1. The SMILES string of the molecule is CC(C)(C)OC(=O)C[C@H](C(=O)N1CCC[C@H]1CO)C1CCCCC1. The van der Waals surface area contributed by atoms with Crippen molar-refractivity contribution in [2.45, 2.75) is 83.8 Å². The third-order valence-corrected chi connectivity index (χ3v) is 5.21. The van der Waals surface area contributed by atoms with E-state index >= 15 is 0 Å². The van der Waals surface area contributed by atoms with Gasteiger partial charge in [0.25, 0.3) is 0 Å². The lowest BCUT2D eigenvalue weighted by Gasteiger charge is -2.34. The number of nitrogens with zero attached hydrogens (tertiary/aromatic N) is 1. The predicted molar refractivity (Wildman–Crippen MR) is 92.3 cm³/mol. The maximum atomic E-state index is 13.1. The number of hydrogen-bond donors (Lipinski definition) is 1. The molecule has 2 rings (SSSR count). The van der Waals surface area contributed by atoms with Crippen LogP contribution in [0.15, 0.2) is 0 Å². The van der Waals surface area contributed by atoms with Gasteiger partial charge in [-0.3, -0.25) is 9.59 Å². The van der Waals surface area contributed by atoms with Gasteiger partial charge in [-0.15, -0.1) is 0 Å². The third kappa shape index (κ3) is 5.20. The molecule has 24 heavy (non-hydrogen) atoms. The Morgan fingerprint density at radius 1 is 1.12 bits per heavy atom. The van der Waals surface area contributed by atoms with Gasteiger partial charge in [-0.05, 0) is 52.4 Å². The summed E-state index contributed by atoms with van der Waals surface area (Å²) in [6.07, 6.45) is 7.45. The van der Waals surface area contributed by atoms with E-state index in [0.29, 0.717) is 6.54 Å². The summed E-state index contributed by atoms with van der Waals surface area (Å²) in [4.78, 5) is 27.3. The van der Waals surface area contributed by atoms with Gasteiger partial charge >= 0.3 is 5.97 Å². The molecule has 0 aromatic heterocycles. The van der Waals surface area contributed by atoms with Crippen LogP contribution in [-0.2, 0) is 14.3 Å². The molecule has 5 nitrogen and oxygen atoms in total. The molecule has 138 valence electrons. The van der Waals surface area contributed by atoms with Crippen molar-refractivity contribution in [1.82, 2.24) is 4.90 Å². The number of carbonyl (C=O) groups excluding carboxylic acids is 2. The van der Waals surface area contributed by atoms with Crippen molar-refractivity contribution in [2.24, 2.45) is 11.8 Å². The standard InChI is InChI=1S/C19H33NO4/c1-19(2,3)24-17(22)12-16(14-8-5-4-6-9-14)18(23)20-11-7-10-15(20)13-21/h14-16,21H,4-13H2,1-3H3/t15-,16-/m0/s1. The van der Waals surface area contributed by atoms with E-state index in [-0.39, 0.29) is 42.8 Å². The molecular formula is C19H33NO4. The highest BCUT2D eigenvalue weighted by Gasteiger charge is 2.38. The van der Waals surface area contributed by atoms with E-state index in [1.807, 2.05) is 25.7 Å². The second-order valence-corrected chi connectivity index (χ2v) is 8.31. The molecule has 1 aliphatic carbocycles. The van der Waals surface area contributed by atoms with Crippen molar-refractivity contribution in [1.29, 1.82) is 0 Å². The summed E-state index contributed by atoms with van der Waals surface area (Å²) >= 11 is 0. The number of amides is 1. The van der Waals surface area contributed by atoms with Crippen LogP contribution in [0.5, 0.6) is 0 Å². The first-order valence-corrected chi connectivity index (χ1v) is 9.45. The van der Waals surface area contributed by atoms with E-state index in [4.69, 9.17) is 4.74 Å². The Bertz CT molecular complexity index is 437. The number of hydrogen-bond acceptors (Lipinski definition) is 4. The zero-order valence-corrected chi connectivity index (χ0v) is 15.4. The van der Waals surface area contributed by atoms with Crippen LogP contribution in [0.25, 0.3) is 0 Å². The van der Waals surface area contributed by atoms with Gasteiger partial charge in [0.05, 0.1) is 25.0 Å². The van der Waals surface area contributed by atoms with Crippen LogP contribution in [0.2, 0.25) is 0 Å². The van der Waals surface area contributed by atoms with Crippen molar-refractivity contribution in [2.75, 3.05) is 13.2 Å². The van der Waals surface area contributed by atoms with E-state index in [1.165, 1.54) is 6.42 Å². The average Bonchev–Trinajstić information content (AvgIpc) is 2.99. The summed E-state index contributed by atoms with van der Waals surface area (Å²) < 4.78 is 5.47. The van der Waals surface area contributed by atoms with Gasteiger partial charge in [-0.1, -0.05) is 19.3 Å². The molecule has 1 N–H and O–H groups in total. The van der Waals surface area contributed by atoms with E-state index in [2.05, 4.69) is 0 Å². The fourth-order valence-corrected chi connectivity index (χ4v) is 4.08. The van der Waals surface area contributed by atoms with Crippen molar-refractivity contribution in [3.63, 3.8) is 0 Å². The van der Waals surface area contributed by atoms with Gasteiger partial charge in [0.1, 0.15) is 5.60 Å². The lowest BCUT2D eigenvalue weighted by atomic mass is 9.77. The zero-order valence-electron chi connectivity index (χ0n) is 15.4. The van der Waals surface area contributed by atoms with Crippen molar-refractivity contribution in [3.8, 4) is 0 Å². The molecule has 1 saturated carbocycles. The van der Waals surface area contributed by atoms with E-state index in [9.17, 15) is 14.7 Å². The summed E-state index contributed by atoms with van der Waals surface area (Å²) in [6.45, 7) is 6.26. The maximum Gasteiger partial charge on any atom is 0.307 e. The summed E-state index contributed by atoms with van der Waals surface area (Å²) in [7, 11) is 0. The minimum atomic E-state index is -0.529. The zero-order chi connectivity index (χ0) is 17.7. The highest BCUT2D eigenvalue weighted by molar-refractivity contribution is 5.84. The van der Waals surface area contributed by atoms with Gasteiger partial charge in [0.15, 0.2) is 0 Å². The minimum Gasteiger partial charge on any atom is -0.460 e. The highest BCUT2D eigenvalue weighted by Crippen LogP contribution is 2.35. The third-order valence-electron chi connectivity index (χ3n) is 5.21. The molecule has 1 saturated heterocycles. The molecule has 0 bridgehead atoms. The Morgan fingerprint density at radius 3 is 2.38 bits per heavy atom. The molecule has 2 aliphatic rings. The van der Waals surface area contributed by atoms with Gasteiger partial charge in [-0.25, -0.2) is 0 Å². The Morgan fingerprint density at radius 2 is 1.79 bits per heavy atom. The Balaban J connectivity index is 2.09. The van der Waals surface area contributed by atoms with Crippen LogP contribution < -0.4 is 0 Å². The van der Waals surface area contributed by atoms with Crippen molar-refractivity contribution in [3.05, 3.63) is 0 Å². The maximum absolute atomic E-state index is 13.1. The largest absolute Gasteiger partial charge is 0.460 e. The van der Waals surface area contributed by atoms with Crippen LogP contribution in [0.4, 0.5) is 0 Å². The van der Waals surface area contributed by atoms with Crippen LogP contribution >= 0.6 is 0 Å². The quantitative estimate of drug-likeness (QED) is 0.782. The van der Waals surface area contributed by atoms with E-state index in [0.717, 1.165) is 38.5 Å². The normalized spacial score (nSPS) is 24.0. The molecule has 5 heteroatoms. The number of likely N-dealkylation sites (tertiary alicyclic amines) is 1. The Kier molecular flexibility index (Phi) is 6.67. The van der Waals surface area contributed by atoms with Gasteiger partial charge < -0.3 is 14.7 Å². The summed E-state index contributed by atoms with van der Waals surface area (Å²) in [5.74, 6) is -0.276. The first kappa shape index (κ1) is 19.2. The molecule has 0 radical (unpaired) electrons. The second-order valence-electron chi connectivity index (χ2n) is 8.31. The lowest BCUT2D eigenvalue weighted by molar-refractivity contribution is -0.160. The van der Waals surface area contributed by atoms with E-state index in [1.54, 1.807) is 0 Å². The van der Waals surface area contributed by atoms with Gasteiger partial charge in [0.2, 0.25) is 5.91 Å². The number of ether oxygens (including phenoxy) is 1. The molecule has 0 unspecified atom stereocenters. The Hall–Kier alpha value is -1.10. The molecule has 1 aliphatic heterocycles. The number of carbonyl (C=O) groups is 2. The van der Waals surface area contributed by atoms with Crippen molar-refractivity contribution >= 4 is 11.9 Å². The topological polar surface area (TPSA) is 66.8 Å². The van der Waals surface area contributed by atoms with Gasteiger partial charge in [-0.2, -0.15) is 0 Å². The first-order valence-electron chi connectivity index (χ1n) is 9.45. The van der Waals surface area contributed by atoms with Crippen LogP contribution in [0.1, 0.15) is 72.1 Å². The fourth-order valence-electron chi connectivity index (χ4n) is 4.08. The number of rotatable bonds is 5. The molecule has 0 aromatic carbocycles. The second kappa shape index (κ2) is 8.32. The average molecular weight is 339 g/mol. The summed E-state index contributed by atoms with van der Waals surface area (Å²) in [5.41, 5.74) is -0.529. The summed E-state index contributed by atoms with van der Waals surface area (Å²) in [6, 6.07) is -0.0813. The summed E-state index contributed by atoms with van der Waals surface area (Å²) in [5, 5.41) is 9.53.